The fourth-order valence-corrected chi connectivity index (χ4v) is 2.49. The summed E-state index contributed by atoms with van der Waals surface area (Å²) in [7, 11) is 0. The molecule has 0 saturated heterocycles. The van der Waals surface area contributed by atoms with Gasteiger partial charge in [-0.15, -0.1) is 0 Å². The second-order valence-corrected chi connectivity index (χ2v) is 4.90. The Bertz CT molecular complexity index is 23.4. The van der Waals surface area contributed by atoms with Crippen LogP contribution in [0.4, 0.5) is 0 Å². The van der Waals surface area contributed by atoms with E-state index in [2.05, 4.69) is 13.8 Å². The van der Waals surface area contributed by atoms with Gasteiger partial charge in [0.05, 0.1) is 0 Å². The monoisotopic (exact) mass is 162 g/mol. The van der Waals surface area contributed by atoms with E-state index in [9.17, 15) is 0 Å². The van der Waals surface area contributed by atoms with Gasteiger partial charge in [0, 0.05) is 0 Å². The van der Waals surface area contributed by atoms with E-state index >= 15 is 0 Å². The average Bonchev–Trinajstić information content (AvgIpc) is 1.69. The molecule has 0 aliphatic carbocycles. The van der Waals surface area contributed by atoms with Crippen LogP contribution >= 0.6 is 0 Å². The van der Waals surface area contributed by atoms with E-state index < -0.39 is 0 Å². The first-order valence-electron chi connectivity index (χ1n) is 3.12. The molecule has 0 aromatic heterocycles. The van der Waals surface area contributed by atoms with Gasteiger partial charge in [0.25, 0.3) is 0 Å². The van der Waals surface area contributed by atoms with Gasteiger partial charge in [-0.05, 0) is 0 Å². The van der Waals surface area contributed by atoms with Crippen LogP contribution < -0.4 is 0 Å². The van der Waals surface area contributed by atoms with Crippen molar-refractivity contribution >= 4 is 15.8 Å². The normalized spacial score (nSPS) is 9.43. The molecular weight excluding hydrogens is 147 g/mol. The molecule has 0 rings (SSSR count). The molecule has 7 heavy (non-hydrogen) atoms. The molecule has 0 heterocycles. The summed E-state index contributed by atoms with van der Waals surface area (Å²) >= 11 is 0.514. The fourth-order valence-electron chi connectivity index (χ4n) is 0.479. The summed E-state index contributed by atoms with van der Waals surface area (Å²) in [5.41, 5.74) is 0. The molecule has 0 nitrogen and oxygen atoms in total. The second-order valence-electron chi connectivity index (χ2n) is 1.75. The third-order valence-corrected chi connectivity index (χ3v) is 4.44. The summed E-state index contributed by atoms with van der Waals surface area (Å²) < 4.78 is 0. The van der Waals surface area contributed by atoms with Crippen LogP contribution in [0.5, 0.6) is 0 Å². The van der Waals surface area contributed by atoms with Gasteiger partial charge >= 0.3 is 52.9 Å². The predicted molar refractivity (Wildman–Crippen MR) is 37.3 cm³/mol. The molecule has 0 spiro atoms. The molecule has 0 amide bonds. The van der Waals surface area contributed by atoms with Crippen LogP contribution in [-0.4, -0.2) is 15.8 Å². The molecule has 0 bridgehead atoms. The molecule has 0 saturated carbocycles. The van der Waals surface area contributed by atoms with Gasteiger partial charge in [0.2, 0.25) is 0 Å². The first-order valence-corrected chi connectivity index (χ1v) is 6.09. The van der Waals surface area contributed by atoms with Crippen molar-refractivity contribution in [1.82, 2.24) is 0 Å². The topological polar surface area (TPSA) is 0 Å². The first-order chi connectivity index (χ1) is 3.41. The zero-order valence-electron chi connectivity index (χ0n) is 5.33. The molecule has 0 atom stereocenters. The molecule has 0 aliphatic rings. The van der Waals surface area contributed by atoms with Crippen molar-refractivity contribution in [3.8, 4) is 0 Å². The SMILES string of the molecule is CCC[AsH]CCC. The Morgan fingerprint density at radius 3 is 1.71 bits per heavy atom. The van der Waals surface area contributed by atoms with Gasteiger partial charge in [0.1, 0.15) is 0 Å². The summed E-state index contributed by atoms with van der Waals surface area (Å²) in [5, 5.41) is 3.10. The van der Waals surface area contributed by atoms with E-state index in [1.807, 2.05) is 0 Å². The Morgan fingerprint density at radius 2 is 1.43 bits per heavy atom. The van der Waals surface area contributed by atoms with Crippen molar-refractivity contribution in [2.24, 2.45) is 0 Å². The van der Waals surface area contributed by atoms with Crippen LogP contribution in [0.2, 0.25) is 10.4 Å². The summed E-state index contributed by atoms with van der Waals surface area (Å²) in [4.78, 5) is 0. The Morgan fingerprint density at radius 1 is 1.00 bits per heavy atom. The molecule has 0 unspecified atom stereocenters. The zero-order chi connectivity index (χ0) is 5.54. The van der Waals surface area contributed by atoms with E-state index in [0.717, 1.165) is 0 Å². The molecule has 0 radical (unpaired) electrons. The molecule has 0 aromatic carbocycles. The van der Waals surface area contributed by atoms with E-state index in [1.165, 1.54) is 12.8 Å². The maximum atomic E-state index is 2.28. The molecule has 44 valence electrons. The van der Waals surface area contributed by atoms with Crippen molar-refractivity contribution in [2.45, 2.75) is 37.1 Å². The van der Waals surface area contributed by atoms with Crippen LogP contribution in [0.25, 0.3) is 0 Å². The van der Waals surface area contributed by atoms with Crippen LogP contribution in [-0.2, 0) is 0 Å². The van der Waals surface area contributed by atoms with Crippen molar-refractivity contribution in [3.63, 3.8) is 0 Å². The van der Waals surface area contributed by atoms with Crippen molar-refractivity contribution in [3.05, 3.63) is 0 Å². The predicted octanol–water partition coefficient (Wildman–Crippen LogP) is 2.08. The number of hydrogen-bond acceptors (Lipinski definition) is 0. The van der Waals surface area contributed by atoms with Crippen molar-refractivity contribution < 1.29 is 0 Å². The zero-order valence-corrected chi connectivity index (χ0v) is 7.43. The van der Waals surface area contributed by atoms with Gasteiger partial charge in [-0.25, -0.2) is 0 Å². The van der Waals surface area contributed by atoms with Crippen molar-refractivity contribution in [2.75, 3.05) is 0 Å². The average molecular weight is 162 g/mol. The third kappa shape index (κ3) is 6.56. The first kappa shape index (κ1) is 7.56. The summed E-state index contributed by atoms with van der Waals surface area (Å²) in [6.07, 6.45) is 2.83. The van der Waals surface area contributed by atoms with E-state index in [-0.39, 0.29) is 0 Å². The van der Waals surface area contributed by atoms with E-state index in [0.29, 0.717) is 15.8 Å². The van der Waals surface area contributed by atoms with Gasteiger partial charge in [-0.2, -0.15) is 0 Å². The number of hydrogen-bond donors (Lipinski definition) is 0. The molecule has 1 heteroatoms. The third-order valence-electron chi connectivity index (χ3n) is 0.854. The summed E-state index contributed by atoms with van der Waals surface area (Å²) in [5.74, 6) is 0. The quantitative estimate of drug-likeness (QED) is 0.438. The summed E-state index contributed by atoms with van der Waals surface area (Å²) in [6, 6.07) is 0. The Labute approximate surface area is 53.4 Å². The van der Waals surface area contributed by atoms with Gasteiger partial charge in [-0.3, -0.25) is 0 Å². The number of rotatable bonds is 4. The summed E-state index contributed by atoms with van der Waals surface area (Å²) in [6.45, 7) is 4.55. The Kier molecular flexibility index (Phi) is 7.08. The van der Waals surface area contributed by atoms with Crippen LogP contribution in [0, 0.1) is 0 Å². The Hall–Kier alpha value is 0.558. The standard InChI is InChI=1S/C6H15As/c1-3-5-7-6-4-2/h7H,3-6H2,1-2H3. The van der Waals surface area contributed by atoms with E-state index in [1.54, 1.807) is 10.4 Å². The van der Waals surface area contributed by atoms with Gasteiger partial charge in [-0.1, -0.05) is 0 Å². The Balaban J connectivity index is 2.45. The van der Waals surface area contributed by atoms with Crippen LogP contribution in [0.15, 0.2) is 0 Å². The van der Waals surface area contributed by atoms with Crippen molar-refractivity contribution in [1.29, 1.82) is 0 Å². The van der Waals surface area contributed by atoms with E-state index in [4.69, 9.17) is 0 Å². The molecule has 0 aliphatic heterocycles. The van der Waals surface area contributed by atoms with Crippen LogP contribution in [0.1, 0.15) is 26.7 Å². The van der Waals surface area contributed by atoms with Crippen LogP contribution in [0.3, 0.4) is 0 Å². The molecule has 0 fully saturated rings. The molecule has 0 aromatic rings. The van der Waals surface area contributed by atoms with Gasteiger partial charge in [0.15, 0.2) is 0 Å². The molecule has 0 N–H and O–H groups in total. The fraction of sp³-hybridized carbons (Fsp3) is 1.00. The molecular formula is C6H15As. The minimum absolute atomic E-state index is 0.514. The second kappa shape index (κ2) is 6.56. The minimum atomic E-state index is 0.514. The maximum absolute atomic E-state index is 2.28. The van der Waals surface area contributed by atoms with Gasteiger partial charge < -0.3 is 0 Å².